The second-order valence-electron chi connectivity index (χ2n) is 10.2. The number of hydrogen-bond donors (Lipinski definition) is 2. The van der Waals surface area contributed by atoms with Crippen molar-refractivity contribution in [2.45, 2.75) is 32.3 Å². The number of fused-ring (bicyclic) bond motifs is 1. The number of halogens is 2. The predicted molar refractivity (Wildman–Crippen MR) is 165 cm³/mol. The Hall–Kier alpha value is -3.92. The largest absolute Gasteiger partial charge is 0.493 e. The van der Waals surface area contributed by atoms with Crippen molar-refractivity contribution in [3.63, 3.8) is 0 Å². The topological polar surface area (TPSA) is 80.8 Å². The highest BCUT2D eigenvalue weighted by atomic mass is 35.5. The molecule has 0 bridgehead atoms. The van der Waals surface area contributed by atoms with Crippen LogP contribution in [-0.2, 0) is 11.4 Å². The van der Waals surface area contributed by atoms with Crippen LogP contribution in [0.3, 0.4) is 0 Å². The minimum Gasteiger partial charge on any atom is -0.493 e. The molecule has 1 aromatic heterocycles. The number of hydrogen-bond acceptors (Lipinski definition) is 8. The maximum atomic E-state index is 13.2. The Balaban J connectivity index is 1.18. The summed E-state index contributed by atoms with van der Waals surface area (Å²) in [7, 11) is 1.64. The number of ether oxygens (including phenoxy) is 2. The van der Waals surface area contributed by atoms with Crippen LogP contribution in [0.25, 0.3) is 16.6 Å². The molecule has 0 unspecified atom stereocenters. The van der Waals surface area contributed by atoms with E-state index >= 15 is 0 Å². The van der Waals surface area contributed by atoms with Crippen molar-refractivity contribution in [2.75, 3.05) is 38.7 Å². The molecule has 5 rings (SSSR count). The molecular weight excluding hydrogens is 557 g/mol. The summed E-state index contributed by atoms with van der Waals surface area (Å²) in [6.07, 6.45) is 6.41. The van der Waals surface area contributed by atoms with Gasteiger partial charge in [-0.05, 0) is 73.8 Å². The summed E-state index contributed by atoms with van der Waals surface area (Å²) >= 11 is 6.06. The summed E-state index contributed by atoms with van der Waals surface area (Å²) in [6.45, 7) is 8.22. The molecule has 10 heteroatoms. The highest BCUT2D eigenvalue weighted by Gasteiger charge is 2.14. The number of rotatable bonds is 13. The molecule has 0 spiro atoms. The molecule has 220 valence electrons. The normalized spacial score (nSPS) is 13.6. The van der Waals surface area contributed by atoms with Crippen LogP contribution in [0.5, 0.6) is 11.5 Å². The quantitative estimate of drug-likeness (QED) is 0.126. The van der Waals surface area contributed by atoms with Gasteiger partial charge in [-0.3, -0.25) is 10.3 Å². The van der Waals surface area contributed by atoms with Crippen LogP contribution >= 0.6 is 11.6 Å². The number of likely N-dealkylation sites (tertiary alicyclic amines) is 1. The minimum absolute atomic E-state index is 0.160. The third-order valence-electron chi connectivity index (χ3n) is 7.18. The zero-order valence-electron chi connectivity index (χ0n) is 23.7. The summed E-state index contributed by atoms with van der Waals surface area (Å²) in [5.41, 5.74) is 6.48. The smallest absolute Gasteiger partial charge is 0.163 e. The first-order valence-corrected chi connectivity index (χ1v) is 14.4. The molecule has 2 heterocycles. The fourth-order valence-corrected chi connectivity index (χ4v) is 5.10. The molecule has 1 fully saturated rings. The molecule has 3 aromatic carbocycles. The number of nitrogens with zero attached hydrogens (tertiary/aromatic N) is 3. The van der Waals surface area contributed by atoms with Gasteiger partial charge in [-0.25, -0.2) is 14.4 Å². The number of anilines is 2. The van der Waals surface area contributed by atoms with Crippen molar-refractivity contribution in [2.24, 2.45) is 0 Å². The monoisotopic (exact) mass is 591 g/mol. The average Bonchev–Trinajstić information content (AvgIpc) is 3.01. The van der Waals surface area contributed by atoms with E-state index in [1.165, 1.54) is 50.8 Å². The van der Waals surface area contributed by atoms with Gasteiger partial charge in [0.15, 0.2) is 11.5 Å². The summed E-state index contributed by atoms with van der Waals surface area (Å²) in [5, 5.41) is 4.49. The maximum absolute atomic E-state index is 13.2. The zero-order valence-corrected chi connectivity index (χ0v) is 24.4. The summed E-state index contributed by atoms with van der Waals surface area (Å²) in [4.78, 5) is 16.9. The summed E-state index contributed by atoms with van der Waals surface area (Å²) in [5.74, 6) is 1.57. The molecule has 0 atom stereocenters. The van der Waals surface area contributed by atoms with Gasteiger partial charge in [0, 0.05) is 28.7 Å². The first-order chi connectivity index (χ1) is 20.5. The first-order valence-electron chi connectivity index (χ1n) is 14.1. The number of nitrogens with one attached hydrogen (secondary N) is 2. The van der Waals surface area contributed by atoms with Gasteiger partial charge >= 0.3 is 0 Å². The second-order valence-corrected chi connectivity index (χ2v) is 10.6. The zero-order chi connectivity index (χ0) is 29.3. The molecule has 0 saturated carbocycles. The lowest BCUT2D eigenvalue weighted by Gasteiger charge is -2.26. The lowest BCUT2D eigenvalue weighted by Crippen LogP contribution is -2.31. The molecule has 1 aliphatic rings. The standard InChI is InChI=1S/C32H35ClFN5O3/c1-22(38-42-20-24-7-10-25(34)17-28(24)33)23-8-11-26(12-9-23)37-32-27-18-30(40-2)31(19-29(27)35-21-36-32)41-16-6-15-39-13-4-3-5-14-39/h7-12,17-19,21,38H,1,3-6,13-16,20H2,2H3,(H,35,36,37). The average molecular weight is 592 g/mol. The molecule has 4 aromatic rings. The molecule has 0 aliphatic carbocycles. The number of hydroxylamine groups is 1. The first kappa shape index (κ1) is 29.6. The van der Waals surface area contributed by atoms with Crippen LogP contribution in [0.2, 0.25) is 5.02 Å². The van der Waals surface area contributed by atoms with E-state index in [1.54, 1.807) is 13.2 Å². The SMILES string of the molecule is C=C(NOCc1ccc(F)cc1Cl)c1ccc(Nc2ncnc3cc(OCCCN4CCCCC4)c(OC)cc23)cc1. The number of piperidine rings is 1. The van der Waals surface area contributed by atoms with Crippen LogP contribution in [0.15, 0.2) is 67.5 Å². The van der Waals surface area contributed by atoms with Gasteiger partial charge in [-0.1, -0.05) is 42.8 Å². The number of aromatic nitrogens is 2. The Kier molecular flexibility index (Phi) is 10.1. The van der Waals surface area contributed by atoms with E-state index in [-0.39, 0.29) is 6.61 Å². The number of methoxy groups -OCH3 is 1. The van der Waals surface area contributed by atoms with E-state index in [0.717, 1.165) is 35.1 Å². The van der Waals surface area contributed by atoms with Gasteiger partial charge in [-0.2, -0.15) is 0 Å². The van der Waals surface area contributed by atoms with Crippen LogP contribution in [0.1, 0.15) is 36.8 Å². The lowest BCUT2D eigenvalue weighted by atomic mass is 10.1. The Morgan fingerprint density at radius 2 is 1.83 bits per heavy atom. The minimum atomic E-state index is -0.392. The van der Waals surface area contributed by atoms with Gasteiger partial charge < -0.3 is 19.7 Å². The van der Waals surface area contributed by atoms with Crippen LogP contribution in [-0.4, -0.2) is 48.2 Å². The van der Waals surface area contributed by atoms with Crippen LogP contribution in [0.4, 0.5) is 15.9 Å². The van der Waals surface area contributed by atoms with Crippen molar-refractivity contribution < 1.29 is 18.7 Å². The van der Waals surface area contributed by atoms with Gasteiger partial charge in [0.1, 0.15) is 24.6 Å². The Morgan fingerprint density at radius 1 is 1.02 bits per heavy atom. The fourth-order valence-electron chi connectivity index (χ4n) is 4.88. The Bertz CT molecular complexity index is 1510. The van der Waals surface area contributed by atoms with E-state index in [2.05, 4.69) is 32.2 Å². The van der Waals surface area contributed by atoms with Gasteiger partial charge in [0.2, 0.25) is 0 Å². The fraction of sp³-hybridized carbons (Fsp3) is 0.312. The van der Waals surface area contributed by atoms with E-state index in [4.69, 9.17) is 25.9 Å². The van der Waals surface area contributed by atoms with E-state index in [9.17, 15) is 4.39 Å². The molecule has 8 nitrogen and oxygen atoms in total. The highest BCUT2D eigenvalue weighted by molar-refractivity contribution is 6.31. The molecule has 1 saturated heterocycles. The molecular formula is C32H35ClFN5O3. The van der Waals surface area contributed by atoms with Crippen molar-refractivity contribution in [1.82, 2.24) is 20.3 Å². The number of benzene rings is 3. The van der Waals surface area contributed by atoms with Crippen molar-refractivity contribution in [1.29, 1.82) is 0 Å². The Labute approximate surface area is 250 Å². The summed E-state index contributed by atoms with van der Waals surface area (Å²) in [6, 6.07) is 15.6. The lowest BCUT2D eigenvalue weighted by molar-refractivity contribution is 0.0648. The molecule has 1 aliphatic heterocycles. The molecule has 42 heavy (non-hydrogen) atoms. The third kappa shape index (κ3) is 7.67. The molecule has 0 amide bonds. The van der Waals surface area contributed by atoms with Crippen molar-refractivity contribution >= 4 is 39.7 Å². The van der Waals surface area contributed by atoms with Crippen LogP contribution < -0.4 is 20.3 Å². The Morgan fingerprint density at radius 3 is 2.60 bits per heavy atom. The van der Waals surface area contributed by atoms with Crippen LogP contribution in [0, 0.1) is 5.82 Å². The second kappa shape index (κ2) is 14.3. The highest BCUT2D eigenvalue weighted by Crippen LogP contribution is 2.35. The van der Waals surface area contributed by atoms with Crippen molar-refractivity contribution in [3.05, 3.63) is 89.5 Å². The van der Waals surface area contributed by atoms with E-state index in [0.29, 0.717) is 40.2 Å². The van der Waals surface area contributed by atoms with E-state index < -0.39 is 5.82 Å². The van der Waals surface area contributed by atoms with E-state index in [1.807, 2.05) is 36.4 Å². The third-order valence-corrected chi connectivity index (χ3v) is 7.53. The van der Waals surface area contributed by atoms with Gasteiger partial charge in [-0.15, -0.1) is 0 Å². The maximum Gasteiger partial charge on any atom is 0.163 e. The van der Waals surface area contributed by atoms with Crippen molar-refractivity contribution in [3.8, 4) is 11.5 Å². The van der Waals surface area contributed by atoms with Gasteiger partial charge in [0.05, 0.1) is 24.9 Å². The predicted octanol–water partition coefficient (Wildman–Crippen LogP) is 7.12. The molecule has 0 radical (unpaired) electrons. The summed E-state index contributed by atoms with van der Waals surface area (Å²) < 4.78 is 25.0. The molecule has 2 N–H and O–H groups in total. The van der Waals surface area contributed by atoms with Gasteiger partial charge in [0.25, 0.3) is 0 Å².